The van der Waals surface area contributed by atoms with Gasteiger partial charge in [-0.1, -0.05) is 12.5 Å². The van der Waals surface area contributed by atoms with Crippen LogP contribution < -0.4 is 0 Å². The Kier molecular flexibility index (Phi) is 4.88. The standard InChI is InChI=1S/C16H21NO3/c1-2-20-15(19)16(10-5-3-8-14(16)18)11-9-13-7-4-6-12-17-13/h4,6-7,12H,2-3,5,8-11H2,1H3. The minimum Gasteiger partial charge on any atom is -0.465 e. The second-order valence-electron chi connectivity index (χ2n) is 5.25. The molecular weight excluding hydrogens is 254 g/mol. The van der Waals surface area contributed by atoms with Crippen LogP contribution in [0.4, 0.5) is 0 Å². The molecular formula is C16H21NO3. The fourth-order valence-electron chi connectivity index (χ4n) is 2.83. The quantitative estimate of drug-likeness (QED) is 0.612. The Morgan fingerprint density at radius 3 is 2.90 bits per heavy atom. The van der Waals surface area contributed by atoms with Gasteiger partial charge in [0.15, 0.2) is 0 Å². The summed E-state index contributed by atoms with van der Waals surface area (Å²) in [6.45, 7) is 2.09. The molecule has 1 unspecified atom stereocenters. The normalized spacial score (nSPS) is 22.6. The number of rotatable bonds is 5. The van der Waals surface area contributed by atoms with Gasteiger partial charge in [0.25, 0.3) is 0 Å². The van der Waals surface area contributed by atoms with Crippen LogP contribution in [0.2, 0.25) is 0 Å². The van der Waals surface area contributed by atoms with E-state index in [9.17, 15) is 9.59 Å². The molecule has 1 aromatic rings. The number of nitrogens with zero attached hydrogens (tertiary/aromatic N) is 1. The summed E-state index contributed by atoms with van der Waals surface area (Å²) in [5.41, 5.74) is -0.0271. The SMILES string of the molecule is CCOC(=O)C1(CCc2ccccn2)CCCCC1=O. The van der Waals surface area contributed by atoms with Gasteiger partial charge in [-0.15, -0.1) is 0 Å². The summed E-state index contributed by atoms with van der Waals surface area (Å²) in [7, 11) is 0. The topological polar surface area (TPSA) is 56.3 Å². The molecule has 2 rings (SSSR count). The molecule has 4 heteroatoms. The van der Waals surface area contributed by atoms with Crippen molar-refractivity contribution in [2.75, 3.05) is 6.61 Å². The second kappa shape index (κ2) is 6.64. The van der Waals surface area contributed by atoms with Crippen LogP contribution in [0.1, 0.15) is 44.7 Å². The summed E-state index contributed by atoms with van der Waals surface area (Å²) in [6, 6.07) is 5.70. The van der Waals surface area contributed by atoms with Gasteiger partial charge in [-0.05, 0) is 44.7 Å². The lowest BCUT2D eigenvalue weighted by Crippen LogP contribution is -2.43. The van der Waals surface area contributed by atoms with E-state index in [0.29, 0.717) is 32.3 Å². The third-order valence-electron chi connectivity index (χ3n) is 3.99. The van der Waals surface area contributed by atoms with Crippen LogP contribution in [0.3, 0.4) is 0 Å². The zero-order valence-electron chi connectivity index (χ0n) is 11.9. The lowest BCUT2D eigenvalue weighted by atomic mass is 9.70. The molecule has 1 aliphatic rings. The fraction of sp³-hybridized carbons (Fsp3) is 0.562. The Bertz CT molecular complexity index is 472. The molecule has 108 valence electrons. The third kappa shape index (κ3) is 3.06. The van der Waals surface area contributed by atoms with E-state index in [1.807, 2.05) is 18.2 Å². The first kappa shape index (κ1) is 14.7. The highest BCUT2D eigenvalue weighted by Gasteiger charge is 2.47. The first-order valence-corrected chi connectivity index (χ1v) is 7.29. The predicted molar refractivity (Wildman–Crippen MR) is 75.1 cm³/mol. The summed E-state index contributed by atoms with van der Waals surface area (Å²) in [5.74, 6) is -0.307. The number of esters is 1. The van der Waals surface area contributed by atoms with E-state index < -0.39 is 5.41 Å². The number of pyridine rings is 1. The number of Topliss-reactive ketones (excluding diaryl/α,β-unsaturated/α-hetero) is 1. The van der Waals surface area contributed by atoms with Gasteiger partial charge in [0.05, 0.1) is 6.61 Å². The summed E-state index contributed by atoms with van der Waals surface area (Å²) in [5, 5.41) is 0. The molecule has 1 fully saturated rings. The molecule has 0 aliphatic heterocycles. The van der Waals surface area contributed by atoms with Crippen molar-refractivity contribution in [1.29, 1.82) is 0 Å². The van der Waals surface area contributed by atoms with Gasteiger partial charge in [0.1, 0.15) is 11.2 Å². The lowest BCUT2D eigenvalue weighted by Gasteiger charge is -2.33. The molecule has 0 N–H and O–H groups in total. The smallest absolute Gasteiger partial charge is 0.319 e. The number of hydrogen-bond donors (Lipinski definition) is 0. The highest BCUT2D eigenvalue weighted by molar-refractivity contribution is 6.04. The molecule has 0 spiro atoms. The van der Waals surface area contributed by atoms with Gasteiger partial charge in [0.2, 0.25) is 0 Å². The number of aromatic nitrogens is 1. The van der Waals surface area contributed by atoms with Crippen LogP contribution in [0.5, 0.6) is 0 Å². The molecule has 20 heavy (non-hydrogen) atoms. The molecule has 0 bridgehead atoms. The second-order valence-corrected chi connectivity index (χ2v) is 5.25. The first-order chi connectivity index (χ1) is 9.69. The Morgan fingerprint density at radius 1 is 1.40 bits per heavy atom. The third-order valence-corrected chi connectivity index (χ3v) is 3.99. The number of ketones is 1. The number of ether oxygens (including phenoxy) is 1. The molecule has 1 aliphatic carbocycles. The molecule has 1 atom stereocenters. The maximum absolute atomic E-state index is 12.3. The minimum atomic E-state index is -0.939. The highest BCUT2D eigenvalue weighted by atomic mass is 16.5. The molecule has 1 heterocycles. The number of aryl methyl sites for hydroxylation is 1. The first-order valence-electron chi connectivity index (χ1n) is 7.29. The number of carbonyl (C=O) groups excluding carboxylic acids is 2. The number of hydrogen-bond acceptors (Lipinski definition) is 4. The van der Waals surface area contributed by atoms with Crippen LogP contribution in [-0.4, -0.2) is 23.3 Å². The van der Waals surface area contributed by atoms with Gasteiger partial charge in [0, 0.05) is 18.3 Å². The van der Waals surface area contributed by atoms with Crippen molar-refractivity contribution >= 4 is 11.8 Å². The highest BCUT2D eigenvalue weighted by Crippen LogP contribution is 2.38. The van der Waals surface area contributed by atoms with E-state index >= 15 is 0 Å². The Labute approximate surface area is 119 Å². The Balaban J connectivity index is 2.14. The monoisotopic (exact) mass is 275 g/mol. The maximum Gasteiger partial charge on any atom is 0.319 e. The van der Waals surface area contributed by atoms with E-state index in [2.05, 4.69) is 4.98 Å². The number of carbonyl (C=O) groups is 2. The maximum atomic E-state index is 12.3. The van der Waals surface area contributed by atoms with Crippen molar-refractivity contribution in [3.8, 4) is 0 Å². The van der Waals surface area contributed by atoms with Crippen LogP contribution in [0.25, 0.3) is 0 Å². The molecule has 0 amide bonds. The lowest BCUT2D eigenvalue weighted by molar-refractivity contribution is -0.162. The molecule has 0 aromatic carbocycles. The summed E-state index contributed by atoms with van der Waals surface area (Å²) in [6.07, 6.45) is 5.75. The zero-order chi connectivity index (χ0) is 14.4. The summed E-state index contributed by atoms with van der Waals surface area (Å²) in [4.78, 5) is 28.9. The van der Waals surface area contributed by atoms with Gasteiger partial charge in [-0.3, -0.25) is 14.6 Å². The average molecular weight is 275 g/mol. The van der Waals surface area contributed by atoms with Crippen molar-refractivity contribution in [3.05, 3.63) is 30.1 Å². The molecule has 0 radical (unpaired) electrons. The average Bonchev–Trinajstić information content (AvgIpc) is 2.48. The predicted octanol–water partition coefficient (Wildman–Crippen LogP) is 2.71. The van der Waals surface area contributed by atoms with Crippen LogP contribution in [0, 0.1) is 5.41 Å². The van der Waals surface area contributed by atoms with E-state index in [-0.39, 0.29) is 11.8 Å². The van der Waals surface area contributed by atoms with Crippen LogP contribution >= 0.6 is 0 Å². The van der Waals surface area contributed by atoms with Gasteiger partial charge in [-0.2, -0.15) is 0 Å². The van der Waals surface area contributed by atoms with Crippen molar-refractivity contribution in [1.82, 2.24) is 4.98 Å². The van der Waals surface area contributed by atoms with E-state index in [0.717, 1.165) is 18.5 Å². The molecule has 4 nitrogen and oxygen atoms in total. The van der Waals surface area contributed by atoms with Gasteiger partial charge >= 0.3 is 5.97 Å². The summed E-state index contributed by atoms with van der Waals surface area (Å²) < 4.78 is 5.16. The Hall–Kier alpha value is -1.71. The summed E-state index contributed by atoms with van der Waals surface area (Å²) >= 11 is 0. The van der Waals surface area contributed by atoms with E-state index in [4.69, 9.17) is 4.74 Å². The van der Waals surface area contributed by atoms with Crippen LogP contribution in [-0.2, 0) is 20.7 Å². The van der Waals surface area contributed by atoms with Crippen molar-refractivity contribution < 1.29 is 14.3 Å². The molecule has 0 saturated heterocycles. The van der Waals surface area contributed by atoms with Gasteiger partial charge < -0.3 is 4.74 Å². The van der Waals surface area contributed by atoms with Gasteiger partial charge in [-0.25, -0.2) is 0 Å². The van der Waals surface area contributed by atoms with Crippen molar-refractivity contribution in [2.45, 2.75) is 45.4 Å². The minimum absolute atomic E-state index is 0.0399. The van der Waals surface area contributed by atoms with Crippen LogP contribution in [0.15, 0.2) is 24.4 Å². The van der Waals surface area contributed by atoms with E-state index in [1.54, 1.807) is 13.1 Å². The van der Waals surface area contributed by atoms with Crippen molar-refractivity contribution in [3.63, 3.8) is 0 Å². The Morgan fingerprint density at radius 2 is 2.25 bits per heavy atom. The molecule has 1 aromatic heterocycles. The fourth-order valence-corrected chi connectivity index (χ4v) is 2.83. The largest absolute Gasteiger partial charge is 0.465 e. The van der Waals surface area contributed by atoms with Crippen molar-refractivity contribution in [2.24, 2.45) is 5.41 Å². The zero-order valence-corrected chi connectivity index (χ0v) is 11.9. The van der Waals surface area contributed by atoms with E-state index in [1.165, 1.54) is 0 Å². The molecule has 1 saturated carbocycles.